The van der Waals surface area contributed by atoms with Crippen LogP contribution < -0.4 is 0 Å². The molecular formula is C12H15BrO. The monoisotopic (exact) mass is 254 g/mol. The van der Waals surface area contributed by atoms with Crippen molar-refractivity contribution in [3.05, 3.63) is 46.5 Å². The standard InChI is InChI=1S/C12H15BrO/c1-2-3-4-9-14-10-11-5-7-12(13)8-6-11/h3-8H,2,9-10H2,1H3. The Kier molecular flexibility index (Phi) is 5.57. The van der Waals surface area contributed by atoms with Gasteiger partial charge in [-0.15, -0.1) is 0 Å². The van der Waals surface area contributed by atoms with Crippen molar-refractivity contribution in [2.75, 3.05) is 6.61 Å². The van der Waals surface area contributed by atoms with Crippen LogP contribution in [0.25, 0.3) is 0 Å². The van der Waals surface area contributed by atoms with Gasteiger partial charge in [-0.3, -0.25) is 0 Å². The molecule has 0 saturated carbocycles. The van der Waals surface area contributed by atoms with Gasteiger partial charge < -0.3 is 4.74 Å². The molecular weight excluding hydrogens is 240 g/mol. The predicted octanol–water partition coefficient (Wildman–Crippen LogP) is 3.93. The number of benzene rings is 1. The number of hydrogen-bond acceptors (Lipinski definition) is 1. The highest BCUT2D eigenvalue weighted by atomic mass is 79.9. The Morgan fingerprint density at radius 2 is 1.93 bits per heavy atom. The summed E-state index contributed by atoms with van der Waals surface area (Å²) in [4.78, 5) is 0. The molecule has 0 fully saturated rings. The fraction of sp³-hybridized carbons (Fsp3) is 0.333. The second-order valence-corrected chi connectivity index (χ2v) is 3.94. The highest BCUT2D eigenvalue weighted by molar-refractivity contribution is 9.10. The molecule has 0 aliphatic rings. The van der Waals surface area contributed by atoms with Crippen LogP contribution in [0, 0.1) is 0 Å². The molecule has 0 radical (unpaired) electrons. The smallest absolute Gasteiger partial charge is 0.0721 e. The van der Waals surface area contributed by atoms with E-state index in [2.05, 4.69) is 47.1 Å². The minimum absolute atomic E-state index is 0.682. The van der Waals surface area contributed by atoms with Gasteiger partial charge in [0.2, 0.25) is 0 Å². The zero-order valence-corrected chi connectivity index (χ0v) is 9.96. The molecule has 1 aromatic carbocycles. The summed E-state index contributed by atoms with van der Waals surface area (Å²) in [6, 6.07) is 8.18. The lowest BCUT2D eigenvalue weighted by molar-refractivity contribution is 0.148. The van der Waals surface area contributed by atoms with E-state index in [1.54, 1.807) is 0 Å². The summed E-state index contributed by atoms with van der Waals surface area (Å²) in [5, 5.41) is 0. The van der Waals surface area contributed by atoms with E-state index in [0.29, 0.717) is 13.2 Å². The summed E-state index contributed by atoms with van der Waals surface area (Å²) in [5.74, 6) is 0. The molecule has 0 aliphatic heterocycles. The van der Waals surface area contributed by atoms with Crippen molar-refractivity contribution in [1.82, 2.24) is 0 Å². The maximum absolute atomic E-state index is 5.46. The van der Waals surface area contributed by atoms with E-state index in [-0.39, 0.29) is 0 Å². The van der Waals surface area contributed by atoms with Gasteiger partial charge in [-0.05, 0) is 24.1 Å². The summed E-state index contributed by atoms with van der Waals surface area (Å²) in [6.45, 7) is 3.50. The lowest BCUT2D eigenvalue weighted by Gasteiger charge is -2.01. The average molecular weight is 255 g/mol. The van der Waals surface area contributed by atoms with Crippen LogP contribution in [0.1, 0.15) is 18.9 Å². The van der Waals surface area contributed by atoms with Crippen LogP contribution >= 0.6 is 15.9 Å². The number of hydrogen-bond donors (Lipinski definition) is 0. The Morgan fingerprint density at radius 1 is 1.21 bits per heavy atom. The summed E-state index contributed by atoms with van der Waals surface area (Å²) in [6.07, 6.45) is 5.24. The SMILES string of the molecule is CCC=CCOCc1ccc(Br)cc1. The molecule has 1 nitrogen and oxygen atoms in total. The largest absolute Gasteiger partial charge is 0.373 e. The van der Waals surface area contributed by atoms with Crippen molar-refractivity contribution >= 4 is 15.9 Å². The first kappa shape index (κ1) is 11.5. The zero-order valence-electron chi connectivity index (χ0n) is 8.37. The Balaban J connectivity index is 2.25. The highest BCUT2D eigenvalue weighted by Crippen LogP contribution is 2.10. The summed E-state index contributed by atoms with van der Waals surface area (Å²) < 4.78 is 6.56. The van der Waals surface area contributed by atoms with E-state index in [4.69, 9.17) is 4.74 Å². The Morgan fingerprint density at radius 3 is 2.57 bits per heavy atom. The van der Waals surface area contributed by atoms with Gasteiger partial charge in [0.25, 0.3) is 0 Å². The van der Waals surface area contributed by atoms with Gasteiger partial charge in [-0.1, -0.05) is 47.1 Å². The molecule has 0 bridgehead atoms. The molecule has 0 aromatic heterocycles. The van der Waals surface area contributed by atoms with Crippen LogP contribution in [0.15, 0.2) is 40.9 Å². The second kappa shape index (κ2) is 6.80. The minimum atomic E-state index is 0.682. The second-order valence-electron chi connectivity index (χ2n) is 3.02. The molecule has 76 valence electrons. The quantitative estimate of drug-likeness (QED) is 0.572. The average Bonchev–Trinajstić information content (AvgIpc) is 2.21. The molecule has 14 heavy (non-hydrogen) atoms. The van der Waals surface area contributed by atoms with Gasteiger partial charge in [0.05, 0.1) is 13.2 Å². The van der Waals surface area contributed by atoms with Gasteiger partial charge >= 0.3 is 0 Å². The third-order valence-electron chi connectivity index (χ3n) is 1.80. The topological polar surface area (TPSA) is 9.23 Å². The first-order chi connectivity index (χ1) is 6.83. The zero-order chi connectivity index (χ0) is 10.2. The maximum atomic E-state index is 5.46. The van der Waals surface area contributed by atoms with Crippen molar-refractivity contribution in [3.8, 4) is 0 Å². The van der Waals surface area contributed by atoms with Crippen molar-refractivity contribution < 1.29 is 4.74 Å². The predicted molar refractivity (Wildman–Crippen MR) is 63.2 cm³/mol. The fourth-order valence-corrected chi connectivity index (χ4v) is 1.32. The summed E-state index contributed by atoms with van der Waals surface area (Å²) in [7, 11) is 0. The molecule has 0 atom stereocenters. The van der Waals surface area contributed by atoms with Crippen molar-refractivity contribution in [1.29, 1.82) is 0 Å². The van der Waals surface area contributed by atoms with E-state index in [9.17, 15) is 0 Å². The molecule has 0 aliphatic carbocycles. The summed E-state index contributed by atoms with van der Waals surface area (Å²) in [5.41, 5.74) is 1.21. The third-order valence-corrected chi connectivity index (χ3v) is 2.33. The molecule has 0 amide bonds. The molecule has 0 saturated heterocycles. The fourth-order valence-electron chi connectivity index (χ4n) is 1.06. The number of halogens is 1. The molecule has 0 N–H and O–H groups in total. The van der Waals surface area contributed by atoms with E-state index in [0.717, 1.165) is 10.9 Å². The van der Waals surface area contributed by atoms with E-state index < -0.39 is 0 Å². The lowest BCUT2D eigenvalue weighted by Crippen LogP contribution is -1.92. The van der Waals surface area contributed by atoms with Crippen molar-refractivity contribution in [3.63, 3.8) is 0 Å². The van der Waals surface area contributed by atoms with Gasteiger partial charge in [0.15, 0.2) is 0 Å². The molecule has 0 heterocycles. The van der Waals surface area contributed by atoms with Crippen LogP contribution in [0.4, 0.5) is 0 Å². The van der Waals surface area contributed by atoms with Gasteiger partial charge in [-0.25, -0.2) is 0 Å². The number of allylic oxidation sites excluding steroid dienone is 1. The Bertz CT molecular complexity index is 277. The van der Waals surface area contributed by atoms with E-state index >= 15 is 0 Å². The van der Waals surface area contributed by atoms with Gasteiger partial charge in [-0.2, -0.15) is 0 Å². The van der Waals surface area contributed by atoms with Crippen LogP contribution in [-0.4, -0.2) is 6.61 Å². The van der Waals surface area contributed by atoms with E-state index in [1.165, 1.54) is 5.56 Å². The van der Waals surface area contributed by atoms with Crippen LogP contribution in [0.5, 0.6) is 0 Å². The first-order valence-corrected chi connectivity index (χ1v) is 5.59. The number of rotatable bonds is 5. The van der Waals surface area contributed by atoms with Crippen LogP contribution in [0.3, 0.4) is 0 Å². The highest BCUT2D eigenvalue weighted by Gasteiger charge is 1.91. The van der Waals surface area contributed by atoms with Crippen LogP contribution in [-0.2, 0) is 11.3 Å². The Hall–Kier alpha value is -0.600. The normalized spacial score (nSPS) is 11.0. The van der Waals surface area contributed by atoms with Gasteiger partial charge in [0.1, 0.15) is 0 Å². The van der Waals surface area contributed by atoms with E-state index in [1.807, 2.05) is 12.1 Å². The van der Waals surface area contributed by atoms with Crippen LogP contribution in [0.2, 0.25) is 0 Å². The lowest BCUT2D eigenvalue weighted by atomic mass is 10.2. The molecule has 0 spiro atoms. The molecule has 2 heteroatoms. The van der Waals surface area contributed by atoms with Crippen molar-refractivity contribution in [2.45, 2.75) is 20.0 Å². The third kappa shape index (κ3) is 4.58. The van der Waals surface area contributed by atoms with Gasteiger partial charge in [0, 0.05) is 4.47 Å². The van der Waals surface area contributed by atoms with Crippen molar-refractivity contribution in [2.24, 2.45) is 0 Å². The number of ether oxygens (including phenoxy) is 1. The Labute approximate surface area is 93.9 Å². The molecule has 1 aromatic rings. The molecule has 1 rings (SSSR count). The first-order valence-electron chi connectivity index (χ1n) is 4.80. The maximum Gasteiger partial charge on any atom is 0.0721 e. The summed E-state index contributed by atoms with van der Waals surface area (Å²) >= 11 is 3.40. The minimum Gasteiger partial charge on any atom is -0.373 e. The molecule has 0 unspecified atom stereocenters.